The molecule has 5 rings (SSSR count). The molecule has 0 fully saturated rings. The Labute approximate surface area is 145 Å². The first-order valence-corrected chi connectivity index (χ1v) is 8.46. The Bertz CT molecular complexity index is 1220. The van der Waals surface area contributed by atoms with Gasteiger partial charge in [0.2, 0.25) is 0 Å². The van der Waals surface area contributed by atoms with Crippen molar-refractivity contribution < 1.29 is 4.42 Å². The van der Waals surface area contributed by atoms with Gasteiger partial charge in [0.1, 0.15) is 11.2 Å². The van der Waals surface area contributed by atoms with Gasteiger partial charge in [-0.1, -0.05) is 48.0 Å². The Morgan fingerprint density at radius 2 is 1.48 bits per heavy atom. The molecule has 0 saturated heterocycles. The SMILES string of the molecule is Cc1ccc(Nc2ccc3c(c2)oc2ccc4ccccc4c23)cc1. The molecular formula is C23H17NO. The summed E-state index contributed by atoms with van der Waals surface area (Å²) in [6, 6.07) is 27.3. The summed E-state index contributed by atoms with van der Waals surface area (Å²) in [7, 11) is 0. The Morgan fingerprint density at radius 3 is 2.36 bits per heavy atom. The molecule has 0 radical (unpaired) electrons. The lowest BCUT2D eigenvalue weighted by Crippen LogP contribution is -1.89. The molecule has 4 aromatic carbocycles. The second kappa shape index (κ2) is 5.38. The highest BCUT2D eigenvalue weighted by atomic mass is 16.3. The van der Waals surface area contributed by atoms with Gasteiger partial charge >= 0.3 is 0 Å². The van der Waals surface area contributed by atoms with Crippen molar-refractivity contribution >= 4 is 44.1 Å². The van der Waals surface area contributed by atoms with Gasteiger partial charge in [0.05, 0.1) is 0 Å². The van der Waals surface area contributed by atoms with Crippen LogP contribution < -0.4 is 5.32 Å². The van der Waals surface area contributed by atoms with Crippen molar-refractivity contribution in [3.05, 3.63) is 84.4 Å². The molecule has 0 aliphatic rings. The Morgan fingerprint density at radius 1 is 0.680 bits per heavy atom. The third-order valence-electron chi connectivity index (χ3n) is 4.70. The van der Waals surface area contributed by atoms with Crippen LogP contribution in [0.5, 0.6) is 0 Å². The van der Waals surface area contributed by atoms with Crippen LogP contribution >= 0.6 is 0 Å². The van der Waals surface area contributed by atoms with Crippen LogP contribution in [0, 0.1) is 6.92 Å². The second-order valence-corrected chi connectivity index (χ2v) is 6.46. The Kier molecular flexibility index (Phi) is 3.04. The Hall–Kier alpha value is -3.26. The van der Waals surface area contributed by atoms with Gasteiger partial charge < -0.3 is 9.73 Å². The van der Waals surface area contributed by atoms with Crippen LogP contribution in [0.1, 0.15) is 5.56 Å². The molecule has 120 valence electrons. The molecule has 1 aromatic heterocycles. The van der Waals surface area contributed by atoms with Crippen LogP contribution in [0.2, 0.25) is 0 Å². The maximum atomic E-state index is 6.12. The molecule has 0 amide bonds. The molecule has 1 heterocycles. The van der Waals surface area contributed by atoms with Crippen molar-refractivity contribution in [2.75, 3.05) is 5.32 Å². The first kappa shape index (κ1) is 14.1. The quantitative estimate of drug-likeness (QED) is 0.387. The lowest BCUT2D eigenvalue weighted by molar-refractivity contribution is 0.669. The van der Waals surface area contributed by atoms with Crippen LogP contribution in [0.3, 0.4) is 0 Å². The molecule has 0 atom stereocenters. The molecule has 2 heteroatoms. The molecule has 5 aromatic rings. The van der Waals surface area contributed by atoms with Gasteiger partial charge in [-0.2, -0.15) is 0 Å². The molecule has 0 aliphatic heterocycles. The summed E-state index contributed by atoms with van der Waals surface area (Å²) in [6.45, 7) is 2.09. The van der Waals surface area contributed by atoms with Crippen LogP contribution in [0.15, 0.2) is 83.3 Å². The van der Waals surface area contributed by atoms with Gasteiger partial charge in [-0.3, -0.25) is 0 Å². The lowest BCUT2D eigenvalue weighted by atomic mass is 10.0. The minimum Gasteiger partial charge on any atom is -0.456 e. The number of benzene rings is 4. The van der Waals surface area contributed by atoms with E-state index in [1.165, 1.54) is 21.7 Å². The third kappa shape index (κ3) is 2.34. The summed E-state index contributed by atoms with van der Waals surface area (Å²) in [4.78, 5) is 0. The molecule has 25 heavy (non-hydrogen) atoms. The largest absolute Gasteiger partial charge is 0.456 e. The maximum Gasteiger partial charge on any atom is 0.137 e. The minimum absolute atomic E-state index is 0.906. The summed E-state index contributed by atoms with van der Waals surface area (Å²) >= 11 is 0. The van der Waals surface area contributed by atoms with Gasteiger partial charge in [-0.25, -0.2) is 0 Å². The normalized spacial score (nSPS) is 11.4. The molecule has 0 bridgehead atoms. The highest BCUT2D eigenvalue weighted by Crippen LogP contribution is 2.36. The number of nitrogens with one attached hydrogen (secondary N) is 1. The van der Waals surface area contributed by atoms with Gasteiger partial charge in [-0.05, 0) is 48.0 Å². The van der Waals surface area contributed by atoms with Gasteiger partial charge in [0.25, 0.3) is 0 Å². The van der Waals surface area contributed by atoms with Crippen molar-refractivity contribution in [3.63, 3.8) is 0 Å². The van der Waals surface area contributed by atoms with Crippen molar-refractivity contribution in [1.82, 2.24) is 0 Å². The van der Waals surface area contributed by atoms with Crippen LogP contribution in [-0.4, -0.2) is 0 Å². The zero-order chi connectivity index (χ0) is 16.8. The fourth-order valence-corrected chi connectivity index (χ4v) is 3.43. The molecular weight excluding hydrogens is 306 g/mol. The first-order valence-electron chi connectivity index (χ1n) is 8.46. The number of aryl methyl sites for hydroxylation is 1. The topological polar surface area (TPSA) is 25.2 Å². The van der Waals surface area contributed by atoms with E-state index in [1.807, 2.05) is 0 Å². The summed E-state index contributed by atoms with van der Waals surface area (Å²) in [5.74, 6) is 0. The smallest absolute Gasteiger partial charge is 0.137 e. The van der Waals surface area contributed by atoms with Gasteiger partial charge in [0.15, 0.2) is 0 Å². The minimum atomic E-state index is 0.906. The molecule has 2 nitrogen and oxygen atoms in total. The number of furan rings is 1. The van der Waals surface area contributed by atoms with Crippen molar-refractivity contribution in [3.8, 4) is 0 Å². The average molecular weight is 323 g/mol. The van der Waals surface area contributed by atoms with Gasteiger partial charge in [0, 0.05) is 28.2 Å². The van der Waals surface area contributed by atoms with E-state index >= 15 is 0 Å². The third-order valence-corrected chi connectivity index (χ3v) is 4.70. The second-order valence-electron chi connectivity index (χ2n) is 6.46. The molecule has 0 spiro atoms. The van der Waals surface area contributed by atoms with Crippen LogP contribution in [0.25, 0.3) is 32.7 Å². The molecule has 0 unspecified atom stereocenters. The number of anilines is 2. The van der Waals surface area contributed by atoms with E-state index < -0.39 is 0 Å². The molecule has 0 saturated carbocycles. The van der Waals surface area contributed by atoms with Crippen LogP contribution in [0.4, 0.5) is 11.4 Å². The van der Waals surface area contributed by atoms with Crippen molar-refractivity contribution in [1.29, 1.82) is 0 Å². The Balaban J connectivity index is 1.66. The van der Waals surface area contributed by atoms with E-state index in [0.29, 0.717) is 0 Å². The summed E-state index contributed by atoms with van der Waals surface area (Å²) in [6.07, 6.45) is 0. The maximum absolute atomic E-state index is 6.12. The zero-order valence-corrected chi connectivity index (χ0v) is 13.9. The number of hydrogen-bond donors (Lipinski definition) is 1. The van der Waals surface area contributed by atoms with Crippen molar-refractivity contribution in [2.24, 2.45) is 0 Å². The highest BCUT2D eigenvalue weighted by Gasteiger charge is 2.10. The van der Waals surface area contributed by atoms with E-state index in [2.05, 4.69) is 91.1 Å². The number of fused-ring (bicyclic) bond motifs is 5. The molecule has 1 N–H and O–H groups in total. The first-order chi connectivity index (χ1) is 12.3. The predicted molar refractivity (Wildman–Crippen MR) is 106 cm³/mol. The fraction of sp³-hybridized carbons (Fsp3) is 0.0435. The van der Waals surface area contributed by atoms with Crippen LogP contribution in [-0.2, 0) is 0 Å². The number of rotatable bonds is 2. The monoisotopic (exact) mass is 323 g/mol. The zero-order valence-electron chi connectivity index (χ0n) is 13.9. The summed E-state index contributed by atoms with van der Waals surface area (Å²) in [5, 5.41) is 8.26. The van der Waals surface area contributed by atoms with E-state index in [9.17, 15) is 0 Å². The predicted octanol–water partition coefficient (Wildman–Crippen LogP) is 6.79. The van der Waals surface area contributed by atoms with E-state index in [1.54, 1.807) is 0 Å². The molecule has 0 aliphatic carbocycles. The summed E-state index contributed by atoms with van der Waals surface area (Å²) in [5.41, 5.74) is 5.20. The number of hydrogen-bond acceptors (Lipinski definition) is 2. The highest BCUT2D eigenvalue weighted by molar-refractivity contribution is 6.19. The van der Waals surface area contributed by atoms with E-state index in [4.69, 9.17) is 4.42 Å². The lowest BCUT2D eigenvalue weighted by Gasteiger charge is -2.06. The van der Waals surface area contributed by atoms with E-state index in [0.717, 1.165) is 27.9 Å². The van der Waals surface area contributed by atoms with Gasteiger partial charge in [-0.15, -0.1) is 0 Å². The fourth-order valence-electron chi connectivity index (χ4n) is 3.43. The average Bonchev–Trinajstić information content (AvgIpc) is 3.02. The van der Waals surface area contributed by atoms with E-state index in [-0.39, 0.29) is 0 Å². The standard InChI is InChI=1S/C23H17NO/c1-15-6-9-17(10-7-15)24-18-11-12-20-22(14-18)25-21-13-8-16-4-2-3-5-19(16)23(20)21/h2-14,24H,1H3. The summed E-state index contributed by atoms with van der Waals surface area (Å²) < 4.78 is 6.12. The van der Waals surface area contributed by atoms with Crippen molar-refractivity contribution in [2.45, 2.75) is 6.92 Å².